The Kier molecular flexibility index (Phi) is 17.4. The van der Waals surface area contributed by atoms with Crippen LogP contribution in [0.1, 0.15) is 138 Å². The normalized spacial score (nSPS) is 15.5. The van der Waals surface area contributed by atoms with Crippen LogP contribution in [0.5, 0.6) is 0 Å². The van der Waals surface area contributed by atoms with Crippen molar-refractivity contribution in [2.45, 2.75) is 138 Å². The predicted octanol–water partition coefficient (Wildman–Crippen LogP) is 9.42. The summed E-state index contributed by atoms with van der Waals surface area (Å²) in [6.07, 6.45) is 21.7. The Balaban J connectivity index is 3.41. The van der Waals surface area contributed by atoms with Gasteiger partial charge in [-0.1, -0.05) is 138 Å². The van der Waals surface area contributed by atoms with E-state index >= 15 is 0 Å². The molecule has 0 heterocycles. The lowest BCUT2D eigenvalue weighted by Gasteiger charge is -2.15. The molecule has 0 amide bonds. The number of hydrogen-bond acceptors (Lipinski definition) is 0. The Labute approximate surface area is 161 Å². The van der Waals surface area contributed by atoms with Crippen LogP contribution in [-0.2, 0) is 0 Å². The fourth-order valence-electron chi connectivity index (χ4n) is 4.00. The summed E-state index contributed by atoms with van der Waals surface area (Å²) < 4.78 is 0. The van der Waals surface area contributed by atoms with Gasteiger partial charge in [0.15, 0.2) is 0 Å². The molecule has 0 aromatic carbocycles. The molecule has 0 aliphatic rings. The van der Waals surface area contributed by atoms with Gasteiger partial charge in [0.25, 0.3) is 0 Å². The molecule has 0 aliphatic heterocycles. The van der Waals surface area contributed by atoms with E-state index in [0.29, 0.717) is 0 Å². The van der Waals surface area contributed by atoms with Crippen LogP contribution in [0.25, 0.3) is 0 Å². The summed E-state index contributed by atoms with van der Waals surface area (Å²) in [7, 11) is 0. The molecule has 0 rings (SSSR count). The molecule has 0 saturated heterocycles. The van der Waals surface area contributed by atoms with E-state index in [4.69, 9.17) is 0 Å². The highest BCUT2D eigenvalue weighted by Crippen LogP contribution is 2.22. The zero-order chi connectivity index (χ0) is 18.9. The second-order valence-electron chi connectivity index (χ2n) is 9.70. The van der Waals surface area contributed by atoms with E-state index < -0.39 is 0 Å². The zero-order valence-electron chi connectivity index (χ0n) is 18.9. The van der Waals surface area contributed by atoms with E-state index in [1.165, 1.54) is 96.3 Å². The molecule has 0 N–H and O–H groups in total. The van der Waals surface area contributed by atoms with Gasteiger partial charge in [0.2, 0.25) is 0 Å². The van der Waals surface area contributed by atoms with E-state index in [-0.39, 0.29) is 0 Å². The molecular formula is C25H52. The fraction of sp³-hybridized carbons (Fsp3) is 1.00. The molecule has 0 saturated carbocycles. The number of hydrogen-bond donors (Lipinski definition) is 0. The van der Waals surface area contributed by atoms with Crippen molar-refractivity contribution in [1.82, 2.24) is 0 Å². The average Bonchev–Trinajstić information content (AvgIpc) is 2.57. The Morgan fingerprint density at radius 2 is 0.680 bits per heavy atom. The molecule has 0 unspecified atom stereocenters. The van der Waals surface area contributed by atoms with E-state index in [1.807, 2.05) is 0 Å². The summed E-state index contributed by atoms with van der Waals surface area (Å²) in [4.78, 5) is 0. The molecule has 3 atom stereocenters. The van der Waals surface area contributed by atoms with Crippen LogP contribution < -0.4 is 0 Å². The predicted molar refractivity (Wildman–Crippen MR) is 117 cm³/mol. The van der Waals surface area contributed by atoms with Crippen LogP contribution >= 0.6 is 0 Å². The number of rotatable bonds is 18. The highest BCUT2D eigenvalue weighted by atomic mass is 14.1. The Bertz CT molecular complexity index is 255. The first-order chi connectivity index (χ1) is 12.0. The molecule has 0 spiro atoms. The van der Waals surface area contributed by atoms with Gasteiger partial charge in [-0.25, -0.2) is 0 Å². The fourth-order valence-corrected chi connectivity index (χ4v) is 4.00. The van der Waals surface area contributed by atoms with Gasteiger partial charge in [0, 0.05) is 0 Å². The minimum atomic E-state index is 0.886. The molecule has 152 valence electrons. The van der Waals surface area contributed by atoms with Gasteiger partial charge < -0.3 is 0 Å². The average molecular weight is 353 g/mol. The molecule has 25 heavy (non-hydrogen) atoms. The van der Waals surface area contributed by atoms with E-state index in [0.717, 1.165) is 23.7 Å². The van der Waals surface area contributed by atoms with Gasteiger partial charge in [-0.15, -0.1) is 0 Å². The molecule has 0 radical (unpaired) electrons. The SMILES string of the molecule is CCCC[C@H](C)CCCC[C@@H](C)CCCC[C@@H](C)CCCCC(C)C. The maximum atomic E-state index is 2.48. The summed E-state index contributed by atoms with van der Waals surface area (Å²) >= 11 is 0. The summed E-state index contributed by atoms with van der Waals surface area (Å²) in [6, 6.07) is 0. The Morgan fingerprint density at radius 1 is 0.400 bits per heavy atom. The third-order valence-electron chi connectivity index (χ3n) is 6.07. The first kappa shape index (κ1) is 25.0. The molecule has 0 aliphatic carbocycles. The van der Waals surface area contributed by atoms with Crippen LogP contribution in [0.15, 0.2) is 0 Å². The van der Waals surface area contributed by atoms with Crippen molar-refractivity contribution in [2.75, 3.05) is 0 Å². The van der Waals surface area contributed by atoms with E-state index in [1.54, 1.807) is 0 Å². The maximum absolute atomic E-state index is 2.48. The lowest BCUT2D eigenvalue weighted by Crippen LogP contribution is -1.99. The van der Waals surface area contributed by atoms with Crippen LogP contribution in [-0.4, -0.2) is 0 Å². The van der Waals surface area contributed by atoms with Gasteiger partial charge >= 0.3 is 0 Å². The molecular weight excluding hydrogens is 300 g/mol. The lowest BCUT2D eigenvalue weighted by molar-refractivity contribution is 0.388. The first-order valence-corrected chi connectivity index (χ1v) is 12.0. The smallest absolute Gasteiger partial charge is 0.0443 e. The van der Waals surface area contributed by atoms with E-state index in [2.05, 4.69) is 41.5 Å². The van der Waals surface area contributed by atoms with Crippen LogP contribution in [0.4, 0.5) is 0 Å². The third-order valence-corrected chi connectivity index (χ3v) is 6.07. The van der Waals surface area contributed by atoms with E-state index in [9.17, 15) is 0 Å². The minimum absolute atomic E-state index is 0.886. The van der Waals surface area contributed by atoms with Gasteiger partial charge in [-0.3, -0.25) is 0 Å². The van der Waals surface area contributed by atoms with Gasteiger partial charge in [-0.2, -0.15) is 0 Å². The molecule has 0 fully saturated rings. The summed E-state index contributed by atoms with van der Waals surface area (Å²) in [5.41, 5.74) is 0. The monoisotopic (exact) mass is 352 g/mol. The summed E-state index contributed by atoms with van der Waals surface area (Å²) in [6.45, 7) is 14.4. The van der Waals surface area contributed by atoms with Crippen molar-refractivity contribution < 1.29 is 0 Å². The minimum Gasteiger partial charge on any atom is -0.0654 e. The third kappa shape index (κ3) is 18.6. The first-order valence-electron chi connectivity index (χ1n) is 12.0. The molecule has 0 aromatic rings. The van der Waals surface area contributed by atoms with Crippen molar-refractivity contribution >= 4 is 0 Å². The molecule has 0 heteroatoms. The van der Waals surface area contributed by atoms with Crippen molar-refractivity contribution in [2.24, 2.45) is 23.7 Å². The van der Waals surface area contributed by atoms with Crippen LogP contribution in [0.3, 0.4) is 0 Å². The number of unbranched alkanes of at least 4 members (excludes halogenated alkanes) is 4. The summed E-state index contributed by atoms with van der Waals surface area (Å²) in [5, 5.41) is 0. The molecule has 0 aromatic heterocycles. The summed E-state index contributed by atoms with van der Waals surface area (Å²) in [5.74, 6) is 3.74. The van der Waals surface area contributed by atoms with Crippen molar-refractivity contribution in [3.8, 4) is 0 Å². The highest BCUT2D eigenvalue weighted by molar-refractivity contribution is 4.60. The highest BCUT2D eigenvalue weighted by Gasteiger charge is 2.06. The van der Waals surface area contributed by atoms with Crippen molar-refractivity contribution in [3.63, 3.8) is 0 Å². The second-order valence-corrected chi connectivity index (χ2v) is 9.70. The van der Waals surface area contributed by atoms with Crippen molar-refractivity contribution in [3.05, 3.63) is 0 Å². The van der Waals surface area contributed by atoms with Gasteiger partial charge in [0.05, 0.1) is 0 Å². The Hall–Kier alpha value is 0. The van der Waals surface area contributed by atoms with Gasteiger partial charge in [0.1, 0.15) is 0 Å². The lowest BCUT2D eigenvalue weighted by atomic mass is 9.92. The molecule has 0 nitrogen and oxygen atoms in total. The zero-order valence-corrected chi connectivity index (χ0v) is 18.9. The topological polar surface area (TPSA) is 0 Å². The van der Waals surface area contributed by atoms with Crippen LogP contribution in [0.2, 0.25) is 0 Å². The second kappa shape index (κ2) is 17.4. The maximum Gasteiger partial charge on any atom is -0.0443 e. The standard InChI is InChI=1S/C25H52/c1-7-8-16-23(4)18-11-12-20-25(6)21-14-13-19-24(5)17-10-9-15-22(2)3/h22-25H,7-21H2,1-6H3/t23-,24-,25+/m0/s1. The molecule has 0 bridgehead atoms. The van der Waals surface area contributed by atoms with Crippen molar-refractivity contribution in [1.29, 1.82) is 0 Å². The van der Waals surface area contributed by atoms with Crippen LogP contribution in [0, 0.1) is 23.7 Å². The quantitative estimate of drug-likeness (QED) is 0.215. The largest absolute Gasteiger partial charge is 0.0654 e. The van der Waals surface area contributed by atoms with Gasteiger partial charge in [-0.05, 0) is 23.7 Å². The Morgan fingerprint density at radius 3 is 0.960 bits per heavy atom.